The van der Waals surface area contributed by atoms with Gasteiger partial charge in [0, 0.05) is 29.1 Å². The summed E-state index contributed by atoms with van der Waals surface area (Å²) in [6.07, 6.45) is 9.29. The lowest BCUT2D eigenvalue weighted by Gasteiger charge is -2.47. The maximum atomic E-state index is 6.81. The van der Waals surface area contributed by atoms with Crippen LogP contribution in [0.1, 0.15) is 40.7 Å². The Balaban J connectivity index is 1.29. The van der Waals surface area contributed by atoms with E-state index >= 15 is 0 Å². The van der Waals surface area contributed by atoms with Crippen molar-refractivity contribution in [3.8, 4) is 22.3 Å². The number of fused-ring (bicyclic) bond motifs is 4. The molecule has 0 saturated carbocycles. The molecule has 1 heterocycles. The molecule has 3 nitrogen and oxygen atoms in total. The normalized spacial score (nSPS) is 23.4. The number of nitrogen functional groups attached to an aromatic ring is 1. The van der Waals surface area contributed by atoms with Crippen molar-refractivity contribution in [1.82, 2.24) is 5.32 Å². The first-order valence-electron chi connectivity index (χ1n) is 16.5. The lowest BCUT2D eigenvalue weighted by molar-refractivity contribution is 0.288. The highest BCUT2D eigenvalue weighted by molar-refractivity contribution is 6.03. The molecule has 1 aliphatic heterocycles. The number of allylic oxidation sites excluding steroid dienone is 4. The number of hydrogen-bond donors (Lipinski definition) is 3. The van der Waals surface area contributed by atoms with Crippen LogP contribution in [0, 0.1) is 5.41 Å². The first kappa shape index (κ1) is 28.0. The van der Waals surface area contributed by atoms with Crippen molar-refractivity contribution >= 4 is 16.5 Å². The van der Waals surface area contributed by atoms with Gasteiger partial charge >= 0.3 is 0 Å². The molecule has 3 aliphatic rings. The van der Waals surface area contributed by atoms with Gasteiger partial charge in [0.2, 0.25) is 0 Å². The van der Waals surface area contributed by atoms with Gasteiger partial charge in [-0.3, -0.25) is 5.32 Å². The zero-order chi connectivity index (χ0) is 31.8. The number of nitrogens with one attached hydrogen (secondary N) is 1. The molecular formula is C44H37N3. The summed E-state index contributed by atoms with van der Waals surface area (Å²) in [5.74, 6) is 0.199. The molecule has 2 unspecified atom stereocenters. The molecule has 2 aliphatic carbocycles. The average Bonchev–Trinajstić information content (AvgIpc) is 3.82. The molecule has 0 radical (unpaired) electrons. The molecule has 3 heteroatoms. The summed E-state index contributed by atoms with van der Waals surface area (Å²) in [7, 11) is 0. The van der Waals surface area contributed by atoms with Crippen LogP contribution in [0.2, 0.25) is 0 Å². The number of nitrogens with two attached hydrogens (primary N) is 2. The maximum absolute atomic E-state index is 6.81. The van der Waals surface area contributed by atoms with Gasteiger partial charge in [0.15, 0.2) is 0 Å². The molecule has 0 spiro atoms. The molecule has 1 fully saturated rings. The summed E-state index contributed by atoms with van der Waals surface area (Å²) in [6, 6.07) is 48.6. The van der Waals surface area contributed by atoms with Crippen LogP contribution in [0.15, 0.2) is 158 Å². The summed E-state index contributed by atoms with van der Waals surface area (Å²) >= 11 is 0. The summed E-state index contributed by atoms with van der Waals surface area (Å²) in [6.45, 7) is 3.19. The standard InChI is InChI=1S/C44H37N3/c1-42-23-11-10-18-38(42)37-27-30(19-21-39(37)44(42,33-13-4-2-5-14-33)34-15-6-3-7-16-34)31-24-32(26-35(25-31)43(46)28-47-43)41-36-17-9-8-12-29(36)20-22-40(41)45/h2-27,38,47H,28,45-46H2,1H3/t38?,42?,43-/m0/s1. The molecule has 3 atom stereocenters. The summed E-state index contributed by atoms with van der Waals surface area (Å²) < 4.78 is 0. The lowest BCUT2D eigenvalue weighted by Crippen LogP contribution is -2.43. The van der Waals surface area contributed by atoms with Gasteiger partial charge in [0.1, 0.15) is 5.66 Å². The Morgan fingerprint density at radius 2 is 1.34 bits per heavy atom. The Morgan fingerprint density at radius 1 is 0.660 bits per heavy atom. The van der Waals surface area contributed by atoms with Crippen LogP contribution in [0.5, 0.6) is 0 Å². The average molecular weight is 608 g/mol. The first-order valence-corrected chi connectivity index (χ1v) is 16.5. The van der Waals surface area contributed by atoms with E-state index in [-0.39, 0.29) is 16.7 Å². The van der Waals surface area contributed by atoms with Crippen LogP contribution in [-0.4, -0.2) is 6.54 Å². The van der Waals surface area contributed by atoms with Crippen LogP contribution >= 0.6 is 0 Å². The van der Waals surface area contributed by atoms with Crippen molar-refractivity contribution in [2.75, 3.05) is 12.3 Å². The fraction of sp³-hybridized carbons (Fsp3) is 0.136. The first-order chi connectivity index (χ1) is 22.9. The highest BCUT2D eigenvalue weighted by Gasteiger charge is 2.60. The van der Waals surface area contributed by atoms with Gasteiger partial charge in [-0.2, -0.15) is 0 Å². The van der Waals surface area contributed by atoms with Gasteiger partial charge in [0.05, 0.1) is 5.41 Å². The second kappa shape index (κ2) is 10.1. The Kier molecular flexibility index (Phi) is 6.05. The van der Waals surface area contributed by atoms with Crippen LogP contribution in [0.25, 0.3) is 33.0 Å². The quantitative estimate of drug-likeness (QED) is 0.135. The monoisotopic (exact) mass is 607 g/mol. The van der Waals surface area contributed by atoms with Gasteiger partial charge in [-0.05, 0) is 79.5 Å². The van der Waals surface area contributed by atoms with Gasteiger partial charge in [0.25, 0.3) is 0 Å². The van der Waals surface area contributed by atoms with Crippen LogP contribution < -0.4 is 16.8 Å². The van der Waals surface area contributed by atoms with E-state index in [1.165, 1.54) is 33.2 Å². The molecular weight excluding hydrogens is 571 g/mol. The summed E-state index contributed by atoms with van der Waals surface area (Å²) in [4.78, 5) is 0. The Morgan fingerprint density at radius 3 is 2.06 bits per heavy atom. The third-order valence-corrected chi connectivity index (χ3v) is 11.1. The van der Waals surface area contributed by atoms with Crippen molar-refractivity contribution in [2.45, 2.75) is 23.9 Å². The van der Waals surface area contributed by atoms with E-state index in [9.17, 15) is 0 Å². The third-order valence-electron chi connectivity index (χ3n) is 11.1. The lowest BCUT2D eigenvalue weighted by atomic mass is 9.54. The molecule has 0 amide bonds. The molecule has 228 valence electrons. The molecule has 0 bridgehead atoms. The molecule has 6 aromatic carbocycles. The van der Waals surface area contributed by atoms with Crippen LogP contribution in [-0.2, 0) is 11.1 Å². The second-order valence-electron chi connectivity index (χ2n) is 13.7. The van der Waals surface area contributed by atoms with Gasteiger partial charge in [-0.15, -0.1) is 0 Å². The van der Waals surface area contributed by atoms with E-state index < -0.39 is 5.66 Å². The molecule has 1 saturated heterocycles. The number of rotatable bonds is 5. The number of hydrogen-bond acceptors (Lipinski definition) is 3. The zero-order valence-corrected chi connectivity index (χ0v) is 26.5. The van der Waals surface area contributed by atoms with Gasteiger partial charge < -0.3 is 11.5 Å². The maximum Gasteiger partial charge on any atom is 0.105 e. The second-order valence-corrected chi connectivity index (χ2v) is 13.7. The SMILES string of the molecule is CC12C=CC=CC1c1cc(-c3cc(-c4c(N)ccc5ccccc45)cc([C@]4(N)CN4)c3)ccc1C2(c1ccccc1)c1ccccc1. The van der Waals surface area contributed by atoms with Crippen LogP contribution in [0.4, 0.5) is 5.69 Å². The topological polar surface area (TPSA) is 74.0 Å². The van der Waals surface area contributed by atoms with Crippen molar-refractivity contribution in [3.05, 3.63) is 186 Å². The molecule has 0 aromatic heterocycles. The highest BCUT2D eigenvalue weighted by atomic mass is 15.3. The molecule has 5 N–H and O–H groups in total. The minimum atomic E-state index is -0.536. The Bertz CT molecular complexity index is 2200. The predicted molar refractivity (Wildman–Crippen MR) is 195 cm³/mol. The zero-order valence-electron chi connectivity index (χ0n) is 26.5. The van der Waals surface area contributed by atoms with Gasteiger partial charge in [-0.1, -0.05) is 140 Å². The van der Waals surface area contributed by atoms with E-state index in [2.05, 4.69) is 164 Å². The highest BCUT2D eigenvalue weighted by Crippen LogP contribution is 2.66. The molecule has 6 aromatic rings. The molecule has 9 rings (SSSR count). The fourth-order valence-corrected chi connectivity index (χ4v) is 8.73. The smallest absolute Gasteiger partial charge is 0.105 e. The van der Waals surface area contributed by atoms with E-state index in [0.29, 0.717) is 0 Å². The number of anilines is 1. The van der Waals surface area contributed by atoms with Gasteiger partial charge in [-0.25, -0.2) is 0 Å². The third kappa shape index (κ3) is 4.00. The summed E-state index contributed by atoms with van der Waals surface area (Å²) in [5, 5.41) is 5.71. The van der Waals surface area contributed by atoms with E-state index in [1.54, 1.807) is 0 Å². The Labute approximate surface area is 276 Å². The Hall–Kier alpha value is -5.22. The fourth-order valence-electron chi connectivity index (χ4n) is 8.73. The van der Waals surface area contributed by atoms with Crippen LogP contribution in [0.3, 0.4) is 0 Å². The van der Waals surface area contributed by atoms with Crippen molar-refractivity contribution in [2.24, 2.45) is 11.1 Å². The van der Waals surface area contributed by atoms with Crippen molar-refractivity contribution in [1.29, 1.82) is 0 Å². The van der Waals surface area contributed by atoms with Crippen molar-refractivity contribution < 1.29 is 0 Å². The van der Waals surface area contributed by atoms with E-state index in [1.807, 2.05) is 6.07 Å². The van der Waals surface area contributed by atoms with E-state index in [0.717, 1.165) is 39.9 Å². The minimum Gasteiger partial charge on any atom is -0.398 e. The predicted octanol–water partition coefficient (Wildman–Crippen LogP) is 9.03. The summed E-state index contributed by atoms with van der Waals surface area (Å²) in [5.41, 5.74) is 24.1. The largest absolute Gasteiger partial charge is 0.398 e. The molecule has 47 heavy (non-hydrogen) atoms. The number of benzene rings is 6. The van der Waals surface area contributed by atoms with Crippen molar-refractivity contribution in [3.63, 3.8) is 0 Å². The minimum absolute atomic E-state index is 0.199. The van der Waals surface area contributed by atoms with E-state index in [4.69, 9.17) is 11.5 Å².